The molecule has 0 heterocycles. The number of aliphatic hydroxyl groups excluding tert-OH is 2. The maximum Gasteiger partial charge on any atom is 0.267 e. The van der Waals surface area contributed by atoms with Gasteiger partial charge in [0.25, 0.3) is 10.1 Å². The number of rotatable bonds is 29. The van der Waals surface area contributed by atoms with Gasteiger partial charge in [-0.3, -0.25) is 9.35 Å². The third-order valence-corrected chi connectivity index (χ3v) is 8.35. The molecule has 0 aromatic carbocycles. The second kappa shape index (κ2) is 26.9. The molecule has 8 heteroatoms. The Hall–Kier alpha value is -0.960. The average molecular weight is 590 g/mol. The summed E-state index contributed by atoms with van der Waals surface area (Å²) in [5.41, 5.74) is 0. The van der Waals surface area contributed by atoms with E-state index < -0.39 is 40.0 Å². The zero-order valence-corrected chi connectivity index (χ0v) is 26.6. The molecular formula is C32H63NO6S. The van der Waals surface area contributed by atoms with E-state index in [1.54, 1.807) is 6.08 Å². The van der Waals surface area contributed by atoms with Crippen LogP contribution < -0.4 is 5.32 Å². The van der Waals surface area contributed by atoms with Crippen LogP contribution in [0.15, 0.2) is 12.2 Å². The Kier molecular flexibility index (Phi) is 26.3. The Morgan fingerprint density at radius 1 is 0.675 bits per heavy atom. The van der Waals surface area contributed by atoms with Crippen LogP contribution in [0.1, 0.15) is 162 Å². The molecule has 238 valence electrons. The Balaban J connectivity index is 4.19. The number of nitrogens with one attached hydrogen (secondary N) is 1. The molecule has 0 rings (SSSR count). The third-order valence-electron chi connectivity index (χ3n) is 7.57. The van der Waals surface area contributed by atoms with Gasteiger partial charge >= 0.3 is 0 Å². The molecule has 0 radical (unpaired) electrons. The summed E-state index contributed by atoms with van der Waals surface area (Å²) >= 11 is 0. The number of amides is 1. The summed E-state index contributed by atoms with van der Waals surface area (Å²) in [5, 5.41) is 23.1. The molecule has 0 spiro atoms. The van der Waals surface area contributed by atoms with Crippen molar-refractivity contribution in [2.45, 2.75) is 180 Å². The van der Waals surface area contributed by atoms with Gasteiger partial charge in [0.2, 0.25) is 5.91 Å². The molecular weight excluding hydrogens is 526 g/mol. The molecule has 3 atom stereocenters. The van der Waals surface area contributed by atoms with Crippen LogP contribution in [0.5, 0.6) is 0 Å². The molecule has 0 fully saturated rings. The van der Waals surface area contributed by atoms with Gasteiger partial charge in [0.1, 0.15) is 6.10 Å². The fraction of sp³-hybridized carbons (Fsp3) is 0.906. The first-order chi connectivity index (χ1) is 19.2. The Morgan fingerprint density at radius 2 is 1.07 bits per heavy atom. The molecule has 0 aromatic heterocycles. The zero-order chi connectivity index (χ0) is 29.9. The third kappa shape index (κ3) is 26.0. The summed E-state index contributed by atoms with van der Waals surface area (Å²) in [5.74, 6) is -1.53. The molecule has 4 N–H and O–H groups in total. The highest BCUT2D eigenvalue weighted by Gasteiger charge is 2.27. The largest absolute Gasteiger partial charge is 0.387 e. The lowest BCUT2D eigenvalue weighted by molar-refractivity contribution is -0.130. The predicted molar refractivity (Wildman–Crippen MR) is 167 cm³/mol. The van der Waals surface area contributed by atoms with Crippen LogP contribution in [0, 0.1) is 0 Å². The second-order valence-corrected chi connectivity index (χ2v) is 13.1. The van der Waals surface area contributed by atoms with Crippen molar-refractivity contribution in [3.05, 3.63) is 12.2 Å². The normalized spacial score (nSPS) is 14.4. The van der Waals surface area contributed by atoms with Crippen LogP contribution in [0.2, 0.25) is 0 Å². The molecule has 0 aliphatic carbocycles. The average Bonchev–Trinajstić information content (AvgIpc) is 2.90. The van der Waals surface area contributed by atoms with Crippen molar-refractivity contribution in [3.63, 3.8) is 0 Å². The first-order valence-corrected chi connectivity index (χ1v) is 18.1. The van der Waals surface area contributed by atoms with Crippen molar-refractivity contribution in [1.29, 1.82) is 0 Å². The van der Waals surface area contributed by atoms with Crippen LogP contribution in [-0.4, -0.2) is 53.1 Å². The Morgan fingerprint density at radius 3 is 1.50 bits per heavy atom. The van der Waals surface area contributed by atoms with Crippen LogP contribution in [0.4, 0.5) is 0 Å². The van der Waals surface area contributed by atoms with Crippen molar-refractivity contribution in [2.75, 3.05) is 5.75 Å². The van der Waals surface area contributed by atoms with Gasteiger partial charge in [0.15, 0.2) is 0 Å². The molecule has 3 unspecified atom stereocenters. The predicted octanol–water partition coefficient (Wildman–Crippen LogP) is 7.65. The summed E-state index contributed by atoms with van der Waals surface area (Å²) in [6, 6.07) is -1.22. The molecule has 0 saturated carbocycles. The van der Waals surface area contributed by atoms with Gasteiger partial charge in [-0.2, -0.15) is 8.42 Å². The standard InChI is InChI=1S/C32H63NO6S/c1-3-5-7-9-11-13-14-15-16-17-19-20-22-24-26-30(34)29(28-40(37,38)39)33-32(36)31(35)27-25-23-21-18-12-10-8-6-4-2/h24,26,29-31,34-35H,3-23,25,27-28H2,1-2H3,(H,33,36)(H,37,38,39)/b26-24+. The molecule has 0 aromatic rings. The minimum atomic E-state index is -4.42. The van der Waals surface area contributed by atoms with Gasteiger partial charge in [0.05, 0.1) is 17.9 Å². The Bertz CT molecular complexity index is 712. The SMILES string of the molecule is CCCCCCCCCCCCCC/C=C/C(O)C(CS(=O)(=O)O)NC(=O)C(O)CCCCCCCCCCC. The lowest BCUT2D eigenvalue weighted by Crippen LogP contribution is -2.50. The number of hydrogen-bond acceptors (Lipinski definition) is 5. The fourth-order valence-electron chi connectivity index (χ4n) is 4.98. The molecule has 0 aliphatic heterocycles. The highest BCUT2D eigenvalue weighted by molar-refractivity contribution is 7.85. The number of allylic oxidation sites excluding steroid dienone is 1. The van der Waals surface area contributed by atoms with Crippen LogP contribution >= 0.6 is 0 Å². The van der Waals surface area contributed by atoms with E-state index in [9.17, 15) is 28.0 Å². The maximum absolute atomic E-state index is 12.4. The van der Waals surface area contributed by atoms with Gasteiger partial charge in [-0.05, 0) is 19.3 Å². The quantitative estimate of drug-likeness (QED) is 0.0404. The smallest absolute Gasteiger partial charge is 0.267 e. The van der Waals surface area contributed by atoms with Crippen molar-refractivity contribution >= 4 is 16.0 Å². The zero-order valence-electron chi connectivity index (χ0n) is 25.8. The molecule has 0 saturated heterocycles. The molecule has 7 nitrogen and oxygen atoms in total. The topological polar surface area (TPSA) is 124 Å². The van der Waals surface area contributed by atoms with E-state index in [2.05, 4.69) is 19.2 Å². The van der Waals surface area contributed by atoms with Crippen molar-refractivity contribution in [3.8, 4) is 0 Å². The summed E-state index contributed by atoms with van der Waals surface area (Å²) in [7, 11) is -4.42. The summed E-state index contributed by atoms with van der Waals surface area (Å²) in [4.78, 5) is 12.4. The van der Waals surface area contributed by atoms with Gasteiger partial charge in [-0.15, -0.1) is 0 Å². The molecule has 1 amide bonds. The molecule has 40 heavy (non-hydrogen) atoms. The lowest BCUT2D eigenvalue weighted by atomic mass is 10.0. The molecule has 0 aliphatic rings. The number of unbranched alkanes of at least 4 members (excludes halogenated alkanes) is 20. The number of aliphatic hydroxyl groups is 2. The Labute approximate surface area is 246 Å². The number of carbonyl (C=O) groups is 1. The van der Waals surface area contributed by atoms with E-state index in [4.69, 9.17) is 0 Å². The summed E-state index contributed by atoms with van der Waals surface area (Å²) in [6.07, 6.45) is 27.0. The highest BCUT2D eigenvalue weighted by Crippen LogP contribution is 2.14. The van der Waals surface area contributed by atoms with E-state index in [-0.39, 0.29) is 6.42 Å². The van der Waals surface area contributed by atoms with Crippen molar-refractivity contribution in [2.24, 2.45) is 0 Å². The van der Waals surface area contributed by atoms with Gasteiger partial charge in [-0.25, -0.2) is 0 Å². The van der Waals surface area contributed by atoms with Crippen LogP contribution in [-0.2, 0) is 14.9 Å². The van der Waals surface area contributed by atoms with E-state index in [1.807, 2.05) is 0 Å². The number of carbonyl (C=O) groups excluding carboxylic acids is 1. The number of hydrogen-bond donors (Lipinski definition) is 4. The van der Waals surface area contributed by atoms with Gasteiger partial charge in [-0.1, -0.05) is 154 Å². The monoisotopic (exact) mass is 589 g/mol. The highest BCUT2D eigenvalue weighted by atomic mass is 32.2. The second-order valence-electron chi connectivity index (χ2n) is 11.6. The van der Waals surface area contributed by atoms with Crippen molar-refractivity contribution in [1.82, 2.24) is 5.32 Å². The van der Waals surface area contributed by atoms with E-state index in [0.717, 1.165) is 38.5 Å². The van der Waals surface area contributed by atoms with E-state index >= 15 is 0 Å². The maximum atomic E-state index is 12.4. The molecule has 0 bridgehead atoms. The minimum absolute atomic E-state index is 0.283. The van der Waals surface area contributed by atoms with Gasteiger partial charge in [0, 0.05) is 0 Å². The van der Waals surface area contributed by atoms with Gasteiger partial charge < -0.3 is 15.5 Å². The van der Waals surface area contributed by atoms with Crippen molar-refractivity contribution < 1.29 is 28.0 Å². The van der Waals surface area contributed by atoms with E-state index in [1.165, 1.54) is 102 Å². The fourth-order valence-corrected chi connectivity index (χ4v) is 5.72. The minimum Gasteiger partial charge on any atom is -0.387 e. The lowest BCUT2D eigenvalue weighted by Gasteiger charge is -2.22. The van der Waals surface area contributed by atoms with Crippen LogP contribution in [0.25, 0.3) is 0 Å². The summed E-state index contributed by atoms with van der Waals surface area (Å²) < 4.78 is 32.2. The van der Waals surface area contributed by atoms with Crippen LogP contribution in [0.3, 0.4) is 0 Å². The first-order valence-electron chi connectivity index (χ1n) is 16.5. The van der Waals surface area contributed by atoms with E-state index in [0.29, 0.717) is 6.42 Å². The summed E-state index contributed by atoms with van der Waals surface area (Å²) in [6.45, 7) is 4.44. The first kappa shape index (κ1) is 39.0.